The van der Waals surface area contributed by atoms with Crippen LogP contribution < -0.4 is 0 Å². The van der Waals surface area contributed by atoms with Crippen LogP contribution in [0.1, 0.15) is 42.5 Å². The number of hydrogen-bond acceptors (Lipinski definition) is 3. The molecule has 90 valence electrons. The summed E-state index contributed by atoms with van der Waals surface area (Å²) in [6.07, 6.45) is 3.58. The number of rotatable bonds is 2. The molecule has 1 aliphatic carbocycles. The predicted molar refractivity (Wildman–Crippen MR) is 63.7 cm³/mol. The van der Waals surface area contributed by atoms with Crippen molar-refractivity contribution in [2.24, 2.45) is 0 Å². The number of Topliss-reactive ketones (excluding diaryl/α,β-unsaturated/α-hetero) is 1. The van der Waals surface area contributed by atoms with Crippen LogP contribution in [0.4, 0.5) is 0 Å². The molecule has 0 bridgehead atoms. The Bertz CT molecular complexity index is 397. The summed E-state index contributed by atoms with van der Waals surface area (Å²) in [6, 6.07) is 8.80. The molecule has 1 aromatic rings. The third-order valence-electron chi connectivity index (χ3n) is 3.01. The second kappa shape index (κ2) is 5.62. The molecule has 0 aromatic heterocycles. The molecule has 0 amide bonds. The number of benzene rings is 1. The monoisotopic (exact) mass is 232 g/mol. The highest BCUT2D eigenvalue weighted by Crippen LogP contribution is 2.18. The van der Waals surface area contributed by atoms with Crippen LogP contribution in [0.5, 0.6) is 0 Å². The number of hydrogen-bond donors (Lipinski definition) is 0. The van der Waals surface area contributed by atoms with Crippen molar-refractivity contribution in [3.05, 3.63) is 35.9 Å². The van der Waals surface area contributed by atoms with E-state index in [1.165, 1.54) is 0 Å². The minimum Gasteiger partial charge on any atom is -0.451 e. The van der Waals surface area contributed by atoms with E-state index in [4.69, 9.17) is 4.74 Å². The van der Waals surface area contributed by atoms with Crippen LogP contribution in [0.25, 0.3) is 0 Å². The SMILES string of the molecule is O=C(OC1CCCCCC1=O)c1ccccc1. The molecule has 1 aliphatic rings. The first-order chi connectivity index (χ1) is 8.27. The van der Waals surface area contributed by atoms with Gasteiger partial charge in [0.2, 0.25) is 0 Å². The zero-order valence-corrected chi connectivity index (χ0v) is 9.72. The van der Waals surface area contributed by atoms with Crippen molar-refractivity contribution < 1.29 is 14.3 Å². The Balaban J connectivity index is 2.00. The molecule has 0 saturated heterocycles. The summed E-state index contributed by atoms with van der Waals surface area (Å²) in [5, 5.41) is 0. The van der Waals surface area contributed by atoms with Gasteiger partial charge in [0.25, 0.3) is 0 Å². The van der Waals surface area contributed by atoms with Crippen LogP contribution in [0, 0.1) is 0 Å². The predicted octanol–water partition coefficient (Wildman–Crippen LogP) is 2.75. The average molecular weight is 232 g/mol. The highest BCUT2D eigenvalue weighted by Gasteiger charge is 2.24. The molecule has 0 heterocycles. The van der Waals surface area contributed by atoms with Crippen molar-refractivity contribution in [3.8, 4) is 0 Å². The number of carbonyl (C=O) groups excluding carboxylic acids is 2. The Morgan fingerprint density at radius 3 is 2.65 bits per heavy atom. The standard InChI is InChI=1S/C14H16O3/c15-12-9-5-2-6-10-13(12)17-14(16)11-7-3-1-4-8-11/h1,3-4,7-8,13H,2,5-6,9-10H2. The van der Waals surface area contributed by atoms with Crippen molar-refractivity contribution in [1.29, 1.82) is 0 Å². The molecule has 3 nitrogen and oxygen atoms in total. The second-order valence-corrected chi connectivity index (χ2v) is 4.33. The summed E-state index contributed by atoms with van der Waals surface area (Å²) in [5.41, 5.74) is 0.504. The zero-order chi connectivity index (χ0) is 12.1. The molecule has 1 atom stereocenters. The molecular weight excluding hydrogens is 216 g/mol. The molecule has 0 N–H and O–H groups in total. The maximum Gasteiger partial charge on any atom is 0.338 e. The van der Waals surface area contributed by atoms with E-state index in [1.807, 2.05) is 6.07 Å². The minimum absolute atomic E-state index is 0.0618. The van der Waals surface area contributed by atoms with Crippen LogP contribution in [0.3, 0.4) is 0 Å². The van der Waals surface area contributed by atoms with E-state index in [0.29, 0.717) is 18.4 Å². The third-order valence-corrected chi connectivity index (χ3v) is 3.01. The topological polar surface area (TPSA) is 43.4 Å². The summed E-state index contributed by atoms with van der Waals surface area (Å²) in [5.74, 6) is -0.336. The summed E-state index contributed by atoms with van der Waals surface area (Å²) in [7, 11) is 0. The lowest BCUT2D eigenvalue weighted by molar-refractivity contribution is -0.127. The zero-order valence-electron chi connectivity index (χ0n) is 9.72. The van der Waals surface area contributed by atoms with Crippen LogP contribution in [-0.4, -0.2) is 17.9 Å². The maximum atomic E-state index is 11.8. The smallest absolute Gasteiger partial charge is 0.338 e. The van der Waals surface area contributed by atoms with Gasteiger partial charge >= 0.3 is 5.97 Å². The highest BCUT2D eigenvalue weighted by molar-refractivity contribution is 5.92. The van der Waals surface area contributed by atoms with Gasteiger partial charge in [-0.3, -0.25) is 4.79 Å². The van der Waals surface area contributed by atoms with E-state index < -0.39 is 12.1 Å². The van der Waals surface area contributed by atoms with Gasteiger partial charge in [0.15, 0.2) is 11.9 Å². The lowest BCUT2D eigenvalue weighted by Crippen LogP contribution is -2.26. The van der Waals surface area contributed by atoms with Gasteiger partial charge in [0.05, 0.1) is 5.56 Å². The van der Waals surface area contributed by atoms with Crippen LogP contribution in [0.15, 0.2) is 30.3 Å². The molecule has 1 saturated carbocycles. The van der Waals surface area contributed by atoms with Gasteiger partial charge in [0, 0.05) is 6.42 Å². The van der Waals surface area contributed by atoms with Crippen molar-refractivity contribution >= 4 is 11.8 Å². The third kappa shape index (κ3) is 3.16. The average Bonchev–Trinajstić information content (AvgIpc) is 2.56. The normalized spacial score (nSPS) is 20.7. The fraction of sp³-hybridized carbons (Fsp3) is 0.429. The molecule has 1 aromatic carbocycles. The summed E-state index contributed by atoms with van der Waals surface area (Å²) >= 11 is 0. The van der Waals surface area contributed by atoms with Crippen molar-refractivity contribution in [1.82, 2.24) is 0 Å². The number of ketones is 1. The van der Waals surface area contributed by atoms with Gasteiger partial charge in [-0.05, 0) is 31.4 Å². The first-order valence-electron chi connectivity index (χ1n) is 6.06. The first kappa shape index (κ1) is 11.8. The molecule has 1 fully saturated rings. The molecule has 3 heteroatoms. The van der Waals surface area contributed by atoms with E-state index in [0.717, 1.165) is 19.3 Å². The Hall–Kier alpha value is -1.64. The molecule has 0 aliphatic heterocycles. The van der Waals surface area contributed by atoms with Gasteiger partial charge in [-0.25, -0.2) is 4.79 Å². The van der Waals surface area contributed by atoms with Gasteiger partial charge in [-0.1, -0.05) is 24.6 Å². The van der Waals surface area contributed by atoms with E-state index in [2.05, 4.69) is 0 Å². The Labute approximate surface area is 101 Å². The van der Waals surface area contributed by atoms with Crippen LogP contribution >= 0.6 is 0 Å². The summed E-state index contributed by atoms with van der Waals surface area (Å²) in [4.78, 5) is 23.5. The van der Waals surface area contributed by atoms with Crippen LogP contribution in [0.2, 0.25) is 0 Å². The van der Waals surface area contributed by atoms with Crippen molar-refractivity contribution in [2.75, 3.05) is 0 Å². The van der Waals surface area contributed by atoms with Crippen LogP contribution in [-0.2, 0) is 9.53 Å². The lowest BCUT2D eigenvalue weighted by Gasteiger charge is -2.14. The quantitative estimate of drug-likeness (QED) is 0.581. The second-order valence-electron chi connectivity index (χ2n) is 4.33. The Morgan fingerprint density at radius 1 is 1.12 bits per heavy atom. The van der Waals surface area contributed by atoms with Gasteiger partial charge in [-0.15, -0.1) is 0 Å². The van der Waals surface area contributed by atoms with E-state index in [9.17, 15) is 9.59 Å². The maximum absolute atomic E-state index is 11.8. The Kier molecular flexibility index (Phi) is 3.91. The number of ether oxygens (including phenoxy) is 1. The lowest BCUT2D eigenvalue weighted by atomic mass is 10.1. The van der Waals surface area contributed by atoms with Crippen molar-refractivity contribution in [2.45, 2.75) is 38.2 Å². The molecule has 0 radical (unpaired) electrons. The number of carbonyl (C=O) groups is 2. The molecule has 1 unspecified atom stereocenters. The van der Waals surface area contributed by atoms with Gasteiger partial charge in [0.1, 0.15) is 0 Å². The van der Waals surface area contributed by atoms with Crippen molar-refractivity contribution in [3.63, 3.8) is 0 Å². The fourth-order valence-electron chi connectivity index (χ4n) is 2.02. The molecule has 17 heavy (non-hydrogen) atoms. The van der Waals surface area contributed by atoms with Gasteiger partial charge < -0.3 is 4.74 Å². The molecule has 0 spiro atoms. The fourth-order valence-corrected chi connectivity index (χ4v) is 2.02. The van der Waals surface area contributed by atoms with E-state index >= 15 is 0 Å². The highest BCUT2D eigenvalue weighted by atomic mass is 16.5. The van der Waals surface area contributed by atoms with E-state index in [-0.39, 0.29) is 5.78 Å². The number of esters is 1. The minimum atomic E-state index is -0.537. The molecule has 2 rings (SSSR count). The first-order valence-corrected chi connectivity index (χ1v) is 6.06. The largest absolute Gasteiger partial charge is 0.451 e. The molecular formula is C14H16O3. The summed E-state index contributed by atoms with van der Waals surface area (Å²) in [6.45, 7) is 0. The Morgan fingerprint density at radius 2 is 1.88 bits per heavy atom. The summed E-state index contributed by atoms with van der Waals surface area (Å²) < 4.78 is 5.28. The van der Waals surface area contributed by atoms with E-state index in [1.54, 1.807) is 24.3 Å². The van der Waals surface area contributed by atoms with Gasteiger partial charge in [-0.2, -0.15) is 0 Å².